The second-order valence-electron chi connectivity index (χ2n) is 5.94. The van der Waals surface area contributed by atoms with Crippen molar-refractivity contribution < 1.29 is 9.59 Å². The summed E-state index contributed by atoms with van der Waals surface area (Å²) in [6.07, 6.45) is 3.97. The first-order valence-electron chi connectivity index (χ1n) is 7.40. The van der Waals surface area contributed by atoms with Gasteiger partial charge >= 0.3 is 0 Å². The highest BCUT2D eigenvalue weighted by atomic mass is 16.2. The summed E-state index contributed by atoms with van der Waals surface area (Å²) in [5.74, 6) is 0.293. The summed E-state index contributed by atoms with van der Waals surface area (Å²) in [6.45, 7) is 6.21. The molecule has 2 atom stereocenters. The van der Waals surface area contributed by atoms with Crippen LogP contribution in [0.25, 0.3) is 0 Å². The molecule has 0 aliphatic carbocycles. The lowest BCUT2D eigenvalue weighted by molar-refractivity contribution is -0.135. The van der Waals surface area contributed by atoms with Crippen LogP contribution in [0.3, 0.4) is 0 Å². The van der Waals surface area contributed by atoms with E-state index in [1.54, 1.807) is 0 Å². The fourth-order valence-corrected chi connectivity index (χ4v) is 2.78. The number of piperidine rings is 1. The molecule has 0 saturated carbocycles. The van der Waals surface area contributed by atoms with Gasteiger partial charge < -0.3 is 15.5 Å². The molecule has 0 aromatic heterocycles. The number of likely N-dealkylation sites (tertiary alicyclic amines) is 1. The molecule has 2 N–H and O–H groups in total. The number of amides is 2. The van der Waals surface area contributed by atoms with Crippen LogP contribution in [-0.4, -0.2) is 48.4 Å². The Morgan fingerprint density at radius 2 is 2.05 bits per heavy atom. The molecule has 2 aliphatic rings. The van der Waals surface area contributed by atoms with Gasteiger partial charge in [-0.25, -0.2) is 0 Å². The van der Waals surface area contributed by atoms with Crippen molar-refractivity contribution in [1.29, 1.82) is 0 Å². The zero-order chi connectivity index (χ0) is 13.8. The lowest BCUT2D eigenvalue weighted by atomic mass is 10.0. The molecule has 0 aromatic rings. The maximum Gasteiger partial charge on any atom is 0.239 e. The van der Waals surface area contributed by atoms with Gasteiger partial charge in [-0.1, -0.05) is 13.8 Å². The van der Waals surface area contributed by atoms with Crippen molar-refractivity contribution in [2.75, 3.05) is 19.6 Å². The fraction of sp³-hybridized carbons (Fsp3) is 0.857. The number of rotatable bonds is 3. The SMILES string of the molecule is CC(C)C(=O)NC1CCCN(C(=O)C2CCCN2)C1. The van der Waals surface area contributed by atoms with Crippen LogP contribution in [0, 0.1) is 5.92 Å². The zero-order valence-corrected chi connectivity index (χ0v) is 11.9. The van der Waals surface area contributed by atoms with E-state index < -0.39 is 0 Å². The van der Waals surface area contributed by atoms with Gasteiger partial charge in [-0.15, -0.1) is 0 Å². The highest BCUT2D eigenvalue weighted by Gasteiger charge is 2.30. The van der Waals surface area contributed by atoms with Crippen LogP contribution in [0.2, 0.25) is 0 Å². The summed E-state index contributed by atoms with van der Waals surface area (Å²) in [6, 6.07) is 0.119. The van der Waals surface area contributed by atoms with Gasteiger partial charge in [-0.3, -0.25) is 9.59 Å². The minimum atomic E-state index is -0.000416. The molecule has 5 heteroatoms. The van der Waals surface area contributed by atoms with Gasteiger partial charge in [-0.2, -0.15) is 0 Å². The van der Waals surface area contributed by atoms with Crippen LogP contribution in [-0.2, 0) is 9.59 Å². The molecule has 108 valence electrons. The third-order valence-electron chi connectivity index (χ3n) is 3.96. The Bertz CT molecular complexity index is 338. The predicted octanol–water partition coefficient (Wildman–Crippen LogP) is 0.502. The highest BCUT2D eigenvalue weighted by molar-refractivity contribution is 5.82. The minimum absolute atomic E-state index is 0.000416. The molecule has 0 spiro atoms. The van der Waals surface area contributed by atoms with Crippen LogP contribution >= 0.6 is 0 Å². The topological polar surface area (TPSA) is 61.4 Å². The van der Waals surface area contributed by atoms with Crippen LogP contribution < -0.4 is 10.6 Å². The first kappa shape index (κ1) is 14.3. The van der Waals surface area contributed by atoms with Gasteiger partial charge in [0.05, 0.1) is 6.04 Å². The molecule has 2 saturated heterocycles. The molecule has 0 aromatic carbocycles. The van der Waals surface area contributed by atoms with Crippen LogP contribution in [0.4, 0.5) is 0 Å². The zero-order valence-electron chi connectivity index (χ0n) is 11.9. The average Bonchev–Trinajstić information content (AvgIpc) is 2.92. The normalized spacial score (nSPS) is 27.6. The largest absolute Gasteiger partial charge is 0.351 e. The van der Waals surface area contributed by atoms with E-state index in [9.17, 15) is 9.59 Å². The van der Waals surface area contributed by atoms with E-state index >= 15 is 0 Å². The minimum Gasteiger partial charge on any atom is -0.351 e. The number of hydrogen-bond acceptors (Lipinski definition) is 3. The quantitative estimate of drug-likeness (QED) is 0.783. The summed E-state index contributed by atoms with van der Waals surface area (Å²) in [5.41, 5.74) is 0. The van der Waals surface area contributed by atoms with Crippen molar-refractivity contribution in [2.45, 2.75) is 51.6 Å². The molecule has 19 heavy (non-hydrogen) atoms. The van der Waals surface area contributed by atoms with Crippen molar-refractivity contribution in [3.63, 3.8) is 0 Å². The standard InChI is InChI=1S/C14H25N3O2/c1-10(2)13(18)16-11-5-4-8-17(9-11)14(19)12-6-3-7-15-12/h10-12,15H,3-9H2,1-2H3,(H,16,18). The Hall–Kier alpha value is -1.10. The third kappa shape index (κ3) is 3.69. The van der Waals surface area contributed by atoms with Gasteiger partial charge in [0.1, 0.15) is 0 Å². The molecular formula is C14H25N3O2. The molecular weight excluding hydrogens is 242 g/mol. The number of carbonyl (C=O) groups is 2. The van der Waals surface area contributed by atoms with Crippen molar-refractivity contribution >= 4 is 11.8 Å². The molecule has 0 radical (unpaired) electrons. The number of nitrogens with one attached hydrogen (secondary N) is 2. The summed E-state index contributed by atoms with van der Waals surface area (Å²) < 4.78 is 0. The third-order valence-corrected chi connectivity index (χ3v) is 3.96. The van der Waals surface area contributed by atoms with E-state index in [0.29, 0.717) is 6.54 Å². The highest BCUT2D eigenvalue weighted by Crippen LogP contribution is 2.15. The Morgan fingerprint density at radius 1 is 1.26 bits per heavy atom. The molecule has 2 heterocycles. The van der Waals surface area contributed by atoms with Crippen molar-refractivity contribution in [1.82, 2.24) is 15.5 Å². The number of hydrogen-bond donors (Lipinski definition) is 2. The molecule has 5 nitrogen and oxygen atoms in total. The van der Waals surface area contributed by atoms with E-state index in [1.165, 1.54) is 0 Å². The Morgan fingerprint density at radius 3 is 2.68 bits per heavy atom. The summed E-state index contributed by atoms with van der Waals surface area (Å²) >= 11 is 0. The van der Waals surface area contributed by atoms with Crippen molar-refractivity contribution in [2.24, 2.45) is 5.92 Å². The van der Waals surface area contributed by atoms with Gasteiger partial charge in [0.2, 0.25) is 11.8 Å². The van der Waals surface area contributed by atoms with Crippen LogP contribution in [0.1, 0.15) is 39.5 Å². The van der Waals surface area contributed by atoms with E-state index in [-0.39, 0.29) is 29.8 Å². The second-order valence-corrected chi connectivity index (χ2v) is 5.94. The average molecular weight is 267 g/mol. The molecule has 0 bridgehead atoms. The van der Waals surface area contributed by atoms with Gasteiger partial charge in [0.15, 0.2) is 0 Å². The first-order chi connectivity index (χ1) is 9.08. The Kier molecular flexibility index (Phi) is 4.80. The Labute approximate surface area is 115 Å². The summed E-state index contributed by atoms with van der Waals surface area (Å²) in [4.78, 5) is 25.9. The number of carbonyl (C=O) groups excluding carboxylic acids is 2. The summed E-state index contributed by atoms with van der Waals surface area (Å²) in [5, 5.41) is 6.29. The van der Waals surface area contributed by atoms with Crippen LogP contribution in [0.15, 0.2) is 0 Å². The van der Waals surface area contributed by atoms with Gasteiger partial charge in [-0.05, 0) is 32.2 Å². The summed E-state index contributed by atoms with van der Waals surface area (Å²) in [7, 11) is 0. The molecule has 2 amide bonds. The van der Waals surface area contributed by atoms with Crippen LogP contribution in [0.5, 0.6) is 0 Å². The second kappa shape index (κ2) is 6.37. The lowest BCUT2D eigenvalue weighted by Crippen LogP contribution is -2.53. The predicted molar refractivity (Wildman–Crippen MR) is 73.6 cm³/mol. The van der Waals surface area contributed by atoms with E-state index in [4.69, 9.17) is 0 Å². The monoisotopic (exact) mass is 267 g/mol. The van der Waals surface area contributed by atoms with Crippen molar-refractivity contribution in [3.05, 3.63) is 0 Å². The molecule has 2 unspecified atom stereocenters. The fourth-order valence-electron chi connectivity index (χ4n) is 2.78. The van der Waals surface area contributed by atoms with Gasteiger partial charge in [0.25, 0.3) is 0 Å². The van der Waals surface area contributed by atoms with E-state index in [0.717, 1.165) is 38.8 Å². The van der Waals surface area contributed by atoms with Crippen molar-refractivity contribution in [3.8, 4) is 0 Å². The number of nitrogens with zero attached hydrogens (tertiary/aromatic N) is 1. The lowest BCUT2D eigenvalue weighted by Gasteiger charge is -2.35. The Balaban J connectivity index is 1.86. The molecule has 2 rings (SSSR count). The maximum atomic E-state index is 12.3. The van der Waals surface area contributed by atoms with E-state index in [2.05, 4.69) is 10.6 Å². The van der Waals surface area contributed by atoms with Gasteiger partial charge in [0, 0.05) is 25.0 Å². The molecule has 2 fully saturated rings. The maximum absolute atomic E-state index is 12.3. The first-order valence-corrected chi connectivity index (χ1v) is 7.40. The smallest absolute Gasteiger partial charge is 0.239 e. The van der Waals surface area contributed by atoms with E-state index in [1.807, 2.05) is 18.7 Å². The molecule has 2 aliphatic heterocycles.